The van der Waals surface area contributed by atoms with Gasteiger partial charge in [-0.1, -0.05) is 30.3 Å². The van der Waals surface area contributed by atoms with Gasteiger partial charge in [-0.05, 0) is 25.0 Å². The van der Waals surface area contributed by atoms with Crippen molar-refractivity contribution in [2.45, 2.75) is 18.9 Å². The Hall–Kier alpha value is -3.98. The first-order chi connectivity index (χ1) is 16.7. The van der Waals surface area contributed by atoms with E-state index in [1.54, 1.807) is 20.4 Å². The average Bonchev–Trinajstić information content (AvgIpc) is 3.57. The molecule has 2 aromatic heterocycles. The third-order valence-electron chi connectivity index (χ3n) is 5.80. The van der Waals surface area contributed by atoms with Crippen LogP contribution in [0.5, 0.6) is 5.75 Å². The Morgan fingerprint density at radius 3 is 2.74 bits per heavy atom. The maximum atomic E-state index is 5.58. The molecule has 0 spiro atoms. The highest BCUT2D eigenvalue weighted by atomic mass is 16.5. The van der Waals surface area contributed by atoms with Crippen molar-refractivity contribution in [3.05, 3.63) is 61.1 Å². The van der Waals surface area contributed by atoms with Gasteiger partial charge in [0.25, 0.3) is 0 Å². The lowest BCUT2D eigenvalue weighted by molar-refractivity contribution is 0.180. The van der Waals surface area contributed by atoms with Gasteiger partial charge in [0.05, 0.1) is 31.5 Å². The van der Waals surface area contributed by atoms with Crippen LogP contribution in [0.25, 0.3) is 22.7 Å². The number of nitrogens with zero attached hydrogens (tertiary/aromatic N) is 5. The molecule has 2 aromatic carbocycles. The molecular weight excluding hydrogens is 432 g/mol. The monoisotopic (exact) mass is 458 g/mol. The topological polar surface area (TPSA) is 98.4 Å². The number of nitrogens with one attached hydrogen (secondary N) is 1. The second-order valence-corrected chi connectivity index (χ2v) is 8.00. The molecule has 1 aliphatic rings. The molecule has 0 saturated carbocycles. The van der Waals surface area contributed by atoms with E-state index in [1.165, 1.54) is 6.39 Å². The average molecular weight is 459 g/mol. The maximum absolute atomic E-state index is 5.58. The molecular formula is C25H26N6O3. The first kappa shape index (κ1) is 21.8. The van der Waals surface area contributed by atoms with Crippen LogP contribution in [0, 0.1) is 0 Å². The number of anilines is 3. The summed E-state index contributed by atoms with van der Waals surface area (Å²) < 4.78 is 16.4. The number of hydrogen-bond donors (Lipinski definition) is 1. The SMILES string of the molecule is COC[C@@H]1CCCN1c1nc(Nc2ccc(-c3cnco3)c(OC)c2)nc(-c2ccccc2)n1. The largest absolute Gasteiger partial charge is 0.496 e. The lowest BCUT2D eigenvalue weighted by Gasteiger charge is -2.24. The molecule has 4 aromatic rings. The number of hydrogen-bond acceptors (Lipinski definition) is 9. The summed E-state index contributed by atoms with van der Waals surface area (Å²) in [4.78, 5) is 20.5. The van der Waals surface area contributed by atoms with Crippen molar-refractivity contribution in [2.24, 2.45) is 0 Å². The van der Waals surface area contributed by atoms with Crippen molar-refractivity contribution >= 4 is 17.6 Å². The van der Waals surface area contributed by atoms with Gasteiger partial charge >= 0.3 is 0 Å². The number of rotatable bonds is 8. The number of oxazole rings is 1. The Kier molecular flexibility index (Phi) is 6.35. The summed E-state index contributed by atoms with van der Waals surface area (Å²) in [5, 5.41) is 3.33. The van der Waals surface area contributed by atoms with E-state index in [2.05, 4.69) is 15.2 Å². The van der Waals surface area contributed by atoms with Crippen molar-refractivity contribution in [1.82, 2.24) is 19.9 Å². The normalized spacial score (nSPS) is 15.5. The minimum Gasteiger partial charge on any atom is -0.496 e. The lowest BCUT2D eigenvalue weighted by atomic mass is 10.1. The Morgan fingerprint density at radius 1 is 1.09 bits per heavy atom. The van der Waals surface area contributed by atoms with Gasteiger partial charge in [0.2, 0.25) is 11.9 Å². The van der Waals surface area contributed by atoms with Crippen LogP contribution in [0.2, 0.25) is 0 Å². The second-order valence-electron chi connectivity index (χ2n) is 8.00. The molecule has 5 rings (SSSR count). The minimum atomic E-state index is 0.241. The molecule has 0 aliphatic carbocycles. The lowest BCUT2D eigenvalue weighted by Crippen LogP contribution is -2.34. The standard InChI is InChI=1S/C25H26N6O3/c1-32-15-19-9-6-12-31(19)25-29-23(17-7-4-3-5-8-17)28-24(30-25)27-18-10-11-20(21(13-18)33-2)22-14-26-16-34-22/h3-5,7-8,10-11,13-14,16,19H,6,9,12,15H2,1-2H3,(H,27,28,29,30)/t19-/m0/s1. The molecule has 0 amide bonds. The molecule has 1 atom stereocenters. The first-order valence-corrected chi connectivity index (χ1v) is 11.2. The quantitative estimate of drug-likeness (QED) is 0.407. The highest BCUT2D eigenvalue weighted by molar-refractivity contribution is 5.71. The molecule has 0 bridgehead atoms. The number of methoxy groups -OCH3 is 2. The van der Waals surface area contributed by atoms with Crippen LogP contribution < -0.4 is 15.0 Å². The van der Waals surface area contributed by atoms with Crippen LogP contribution in [0.4, 0.5) is 17.6 Å². The number of aromatic nitrogens is 4. The van der Waals surface area contributed by atoms with Gasteiger partial charge in [-0.2, -0.15) is 15.0 Å². The van der Waals surface area contributed by atoms with E-state index in [1.807, 2.05) is 48.5 Å². The fraction of sp³-hybridized carbons (Fsp3) is 0.280. The van der Waals surface area contributed by atoms with Gasteiger partial charge in [-0.25, -0.2) is 4.98 Å². The molecule has 9 nitrogen and oxygen atoms in total. The Balaban J connectivity index is 1.51. The predicted octanol–water partition coefficient (Wildman–Crippen LogP) is 4.56. The van der Waals surface area contributed by atoms with Gasteiger partial charge in [-0.3, -0.25) is 0 Å². The summed E-state index contributed by atoms with van der Waals surface area (Å²) in [5.41, 5.74) is 2.52. The Bertz CT molecular complexity index is 1230. The number of ether oxygens (including phenoxy) is 2. The van der Waals surface area contributed by atoms with Crippen molar-refractivity contribution < 1.29 is 13.9 Å². The fourth-order valence-corrected chi connectivity index (χ4v) is 4.18. The van der Waals surface area contributed by atoms with E-state index in [4.69, 9.17) is 28.8 Å². The maximum Gasteiger partial charge on any atom is 0.232 e. The Morgan fingerprint density at radius 2 is 1.97 bits per heavy atom. The van der Waals surface area contributed by atoms with Crippen LogP contribution in [0.15, 0.2) is 65.5 Å². The molecule has 0 unspecified atom stereocenters. The zero-order valence-corrected chi connectivity index (χ0v) is 19.1. The summed E-state index contributed by atoms with van der Waals surface area (Å²) >= 11 is 0. The van der Waals surface area contributed by atoms with Crippen LogP contribution in [0.3, 0.4) is 0 Å². The van der Waals surface area contributed by atoms with E-state index in [0.717, 1.165) is 36.2 Å². The first-order valence-electron chi connectivity index (χ1n) is 11.2. The third-order valence-corrected chi connectivity index (χ3v) is 5.80. The van der Waals surface area contributed by atoms with Crippen LogP contribution in [-0.2, 0) is 4.74 Å². The minimum absolute atomic E-state index is 0.241. The van der Waals surface area contributed by atoms with Crippen LogP contribution in [-0.4, -0.2) is 53.3 Å². The van der Waals surface area contributed by atoms with Crippen LogP contribution in [0.1, 0.15) is 12.8 Å². The Labute approximate surface area is 197 Å². The van der Waals surface area contributed by atoms with E-state index >= 15 is 0 Å². The van der Waals surface area contributed by atoms with Gasteiger partial charge in [0.15, 0.2) is 18.0 Å². The highest BCUT2D eigenvalue weighted by Crippen LogP contribution is 2.33. The van der Waals surface area contributed by atoms with Crippen molar-refractivity contribution in [1.29, 1.82) is 0 Å². The van der Waals surface area contributed by atoms with Gasteiger partial charge < -0.3 is 24.1 Å². The van der Waals surface area contributed by atoms with E-state index in [9.17, 15) is 0 Å². The van der Waals surface area contributed by atoms with Crippen LogP contribution >= 0.6 is 0 Å². The summed E-state index contributed by atoms with van der Waals surface area (Å²) in [7, 11) is 3.35. The zero-order chi connectivity index (χ0) is 23.3. The van der Waals surface area contributed by atoms with Crippen molar-refractivity contribution in [3.8, 4) is 28.5 Å². The summed E-state index contributed by atoms with van der Waals surface area (Å²) in [6.07, 6.45) is 5.17. The van der Waals surface area contributed by atoms with Gasteiger partial charge in [-0.15, -0.1) is 0 Å². The summed E-state index contributed by atoms with van der Waals surface area (Å²) in [5.74, 6) is 3.00. The predicted molar refractivity (Wildman–Crippen MR) is 129 cm³/mol. The van der Waals surface area contributed by atoms with E-state index in [-0.39, 0.29) is 6.04 Å². The van der Waals surface area contributed by atoms with Crippen molar-refractivity contribution in [3.63, 3.8) is 0 Å². The van der Waals surface area contributed by atoms with E-state index in [0.29, 0.717) is 35.8 Å². The fourth-order valence-electron chi connectivity index (χ4n) is 4.18. The van der Waals surface area contributed by atoms with Gasteiger partial charge in [0.1, 0.15) is 5.75 Å². The summed E-state index contributed by atoms with van der Waals surface area (Å²) in [6, 6.07) is 15.9. The molecule has 1 aliphatic heterocycles. The van der Waals surface area contributed by atoms with Crippen molar-refractivity contribution in [2.75, 3.05) is 37.6 Å². The molecule has 1 saturated heterocycles. The van der Waals surface area contributed by atoms with E-state index < -0.39 is 0 Å². The molecule has 3 heterocycles. The molecule has 34 heavy (non-hydrogen) atoms. The number of benzene rings is 2. The molecule has 0 radical (unpaired) electrons. The third kappa shape index (κ3) is 4.55. The molecule has 174 valence electrons. The van der Waals surface area contributed by atoms with Gasteiger partial charge in [0, 0.05) is 31.0 Å². The molecule has 1 N–H and O–H groups in total. The highest BCUT2D eigenvalue weighted by Gasteiger charge is 2.27. The molecule has 9 heteroatoms. The smallest absolute Gasteiger partial charge is 0.232 e. The summed E-state index contributed by atoms with van der Waals surface area (Å²) in [6.45, 7) is 1.51. The second kappa shape index (κ2) is 9.88. The molecule has 1 fully saturated rings. The zero-order valence-electron chi connectivity index (χ0n) is 19.1.